The van der Waals surface area contributed by atoms with Gasteiger partial charge in [0.15, 0.2) is 5.13 Å². The SMILES string of the molecule is CCOC(=O)[C@@](CC)(CCC(=O)OC)c1csc(Nc2ccccc2O)n1. The lowest BCUT2D eigenvalue weighted by molar-refractivity contribution is -0.151. The topological polar surface area (TPSA) is 97.8 Å². The number of phenolic OH excluding ortho intramolecular Hbond substituents is 1. The Morgan fingerprint density at radius 2 is 2.04 bits per heavy atom. The number of aromatic nitrogens is 1. The van der Waals surface area contributed by atoms with Gasteiger partial charge in [-0.05, 0) is 31.9 Å². The highest BCUT2D eigenvalue weighted by Crippen LogP contribution is 2.37. The highest BCUT2D eigenvalue weighted by molar-refractivity contribution is 7.13. The van der Waals surface area contributed by atoms with Crippen molar-refractivity contribution in [2.45, 2.75) is 38.5 Å². The smallest absolute Gasteiger partial charge is 0.318 e. The van der Waals surface area contributed by atoms with Crippen molar-refractivity contribution in [1.82, 2.24) is 4.98 Å². The lowest BCUT2D eigenvalue weighted by Gasteiger charge is -2.28. The third kappa shape index (κ3) is 4.77. The number of carbonyl (C=O) groups is 2. The van der Waals surface area contributed by atoms with Gasteiger partial charge in [-0.2, -0.15) is 0 Å². The maximum Gasteiger partial charge on any atom is 0.318 e. The van der Waals surface area contributed by atoms with Crippen LogP contribution in [0.2, 0.25) is 0 Å². The second-order valence-corrected chi connectivity index (χ2v) is 6.77. The number of nitrogens with one attached hydrogen (secondary N) is 1. The third-order valence-electron chi connectivity index (χ3n) is 4.39. The summed E-state index contributed by atoms with van der Waals surface area (Å²) in [6, 6.07) is 6.82. The molecule has 146 valence electrons. The molecule has 8 heteroatoms. The van der Waals surface area contributed by atoms with Gasteiger partial charge >= 0.3 is 11.9 Å². The molecule has 0 aliphatic rings. The van der Waals surface area contributed by atoms with Crippen LogP contribution in [-0.2, 0) is 24.5 Å². The Labute approximate surface area is 162 Å². The van der Waals surface area contributed by atoms with E-state index in [4.69, 9.17) is 9.47 Å². The van der Waals surface area contributed by atoms with Gasteiger partial charge in [-0.15, -0.1) is 11.3 Å². The molecule has 0 spiro atoms. The molecule has 0 saturated carbocycles. The van der Waals surface area contributed by atoms with E-state index in [1.807, 2.05) is 6.92 Å². The van der Waals surface area contributed by atoms with Gasteiger partial charge in [0.05, 0.1) is 25.1 Å². The van der Waals surface area contributed by atoms with E-state index >= 15 is 0 Å². The number of nitrogens with zero attached hydrogens (tertiary/aromatic N) is 1. The van der Waals surface area contributed by atoms with Crippen molar-refractivity contribution >= 4 is 34.1 Å². The van der Waals surface area contributed by atoms with E-state index < -0.39 is 11.4 Å². The van der Waals surface area contributed by atoms with Crippen LogP contribution in [0.15, 0.2) is 29.6 Å². The highest BCUT2D eigenvalue weighted by atomic mass is 32.1. The molecular formula is C19H24N2O5S. The molecule has 0 saturated heterocycles. The highest BCUT2D eigenvalue weighted by Gasteiger charge is 2.42. The van der Waals surface area contributed by atoms with Crippen LogP contribution in [0.5, 0.6) is 5.75 Å². The molecule has 1 aromatic carbocycles. The number of para-hydroxylation sites is 2. The average molecular weight is 392 g/mol. The fourth-order valence-corrected chi connectivity index (χ4v) is 3.59. The van der Waals surface area contributed by atoms with E-state index in [1.54, 1.807) is 36.6 Å². The molecule has 2 aromatic rings. The fourth-order valence-electron chi connectivity index (χ4n) is 2.77. The molecule has 2 N–H and O–H groups in total. The van der Waals surface area contributed by atoms with Crippen molar-refractivity contribution in [2.24, 2.45) is 0 Å². The lowest BCUT2D eigenvalue weighted by atomic mass is 9.78. The Morgan fingerprint density at radius 3 is 2.67 bits per heavy atom. The summed E-state index contributed by atoms with van der Waals surface area (Å²) in [6.45, 7) is 3.85. The molecule has 7 nitrogen and oxygen atoms in total. The van der Waals surface area contributed by atoms with Crippen molar-refractivity contribution in [3.05, 3.63) is 35.3 Å². The number of esters is 2. The molecule has 1 atom stereocenters. The summed E-state index contributed by atoms with van der Waals surface area (Å²) in [4.78, 5) is 28.9. The third-order valence-corrected chi connectivity index (χ3v) is 5.15. The number of phenols is 1. The average Bonchev–Trinajstić information content (AvgIpc) is 3.13. The van der Waals surface area contributed by atoms with Crippen LogP contribution in [0, 0.1) is 0 Å². The maximum absolute atomic E-state index is 12.7. The number of ether oxygens (including phenoxy) is 2. The normalized spacial score (nSPS) is 12.9. The van der Waals surface area contributed by atoms with Gasteiger partial charge < -0.3 is 19.9 Å². The van der Waals surface area contributed by atoms with E-state index in [1.165, 1.54) is 18.4 Å². The molecule has 0 aliphatic carbocycles. The zero-order valence-electron chi connectivity index (χ0n) is 15.7. The summed E-state index contributed by atoms with van der Waals surface area (Å²) in [7, 11) is 1.32. The quantitative estimate of drug-likeness (QED) is 0.495. The van der Waals surface area contributed by atoms with Crippen LogP contribution in [0.3, 0.4) is 0 Å². The van der Waals surface area contributed by atoms with Gasteiger partial charge in [0, 0.05) is 11.8 Å². The number of methoxy groups -OCH3 is 1. The summed E-state index contributed by atoms with van der Waals surface area (Å²) in [5.41, 5.74) is 0.0285. The molecular weight excluding hydrogens is 368 g/mol. The van der Waals surface area contributed by atoms with Gasteiger partial charge in [0.25, 0.3) is 0 Å². The first-order valence-electron chi connectivity index (χ1n) is 8.71. The molecule has 0 amide bonds. The van der Waals surface area contributed by atoms with E-state index in [0.29, 0.717) is 22.9 Å². The predicted molar refractivity (Wildman–Crippen MR) is 103 cm³/mol. The Morgan fingerprint density at radius 1 is 1.30 bits per heavy atom. The summed E-state index contributed by atoms with van der Waals surface area (Å²) in [5.74, 6) is -0.692. The van der Waals surface area contributed by atoms with Crippen molar-refractivity contribution in [2.75, 3.05) is 19.0 Å². The number of aromatic hydroxyl groups is 1. The first-order chi connectivity index (χ1) is 13.0. The summed E-state index contributed by atoms with van der Waals surface area (Å²) in [6.07, 6.45) is 0.764. The number of carbonyl (C=O) groups excluding carboxylic acids is 2. The van der Waals surface area contributed by atoms with Crippen LogP contribution >= 0.6 is 11.3 Å². The summed E-state index contributed by atoms with van der Waals surface area (Å²) >= 11 is 1.31. The molecule has 0 bridgehead atoms. The fraction of sp³-hybridized carbons (Fsp3) is 0.421. The number of thiazole rings is 1. The largest absolute Gasteiger partial charge is 0.506 e. The van der Waals surface area contributed by atoms with Gasteiger partial charge in [-0.3, -0.25) is 9.59 Å². The summed E-state index contributed by atoms with van der Waals surface area (Å²) in [5, 5.41) is 15.3. The van der Waals surface area contributed by atoms with Crippen LogP contribution in [0.1, 0.15) is 38.8 Å². The first kappa shape index (κ1) is 20.7. The van der Waals surface area contributed by atoms with Crippen molar-refractivity contribution in [1.29, 1.82) is 0 Å². The summed E-state index contributed by atoms with van der Waals surface area (Å²) < 4.78 is 9.99. The molecule has 0 fully saturated rings. The standard InChI is InChI=1S/C19H24N2O5S/c1-4-19(17(24)26-5-2,11-10-16(23)25-3)15-12-27-18(21-15)20-13-8-6-7-9-14(13)22/h6-9,12,22H,4-5,10-11H2,1-3H3,(H,20,21)/t19-/m0/s1. The van der Waals surface area contributed by atoms with Crippen molar-refractivity contribution in [3.63, 3.8) is 0 Å². The molecule has 2 rings (SSSR count). The molecule has 0 unspecified atom stereocenters. The molecule has 0 aliphatic heterocycles. The Hall–Kier alpha value is -2.61. The monoisotopic (exact) mass is 392 g/mol. The van der Waals surface area contributed by atoms with Gasteiger partial charge in [0.2, 0.25) is 0 Å². The maximum atomic E-state index is 12.7. The van der Waals surface area contributed by atoms with E-state index in [-0.39, 0.29) is 31.2 Å². The zero-order chi connectivity index (χ0) is 19.9. The number of benzene rings is 1. The number of hydrogen-bond donors (Lipinski definition) is 2. The van der Waals surface area contributed by atoms with Crippen molar-refractivity contribution in [3.8, 4) is 5.75 Å². The predicted octanol–water partition coefficient (Wildman–Crippen LogP) is 3.76. The van der Waals surface area contributed by atoms with E-state index in [9.17, 15) is 14.7 Å². The first-order valence-corrected chi connectivity index (χ1v) is 9.59. The van der Waals surface area contributed by atoms with Crippen LogP contribution in [0.25, 0.3) is 0 Å². The molecule has 1 aromatic heterocycles. The van der Waals surface area contributed by atoms with Crippen LogP contribution < -0.4 is 5.32 Å². The minimum atomic E-state index is -1.03. The Balaban J connectivity index is 2.32. The number of anilines is 2. The number of rotatable bonds is 9. The van der Waals surface area contributed by atoms with E-state index in [0.717, 1.165) is 0 Å². The van der Waals surface area contributed by atoms with Crippen LogP contribution in [-0.4, -0.2) is 35.7 Å². The van der Waals surface area contributed by atoms with Crippen molar-refractivity contribution < 1.29 is 24.2 Å². The van der Waals surface area contributed by atoms with E-state index in [2.05, 4.69) is 10.3 Å². The second-order valence-electron chi connectivity index (χ2n) is 5.91. The lowest BCUT2D eigenvalue weighted by Crippen LogP contribution is -2.38. The minimum absolute atomic E-state index is 0.0862. The van der Waals surface area contributed by atoms with Crippen LogP contribution in [0.4, 0.5) is 10.8 Å². The molecule has 27 heavy (non-hydrogen) atoms. The zero-order valence-corrected chi connectivity index (χ0v) is 16.5. The molecule has 1 heterocycles. The Bertz CT molecular complexity index is 792. The van der Waals surface area contributed by atoms with Gasteiger partial charge in [-0.1, -0.05) is 19.1 Å². The Kier molecular flexibility index (Phi) is 7.18. The molecule has 0 radical (unpaired) electrons. The minimum Gasteiger partial charge on any atom is -0.506 e. The second kappa shape index (κ2) is 9.36. The van der Waals surface area contributed by atoms with Gasteiger partial charge in [-0.25, -0.2) is 4.98 Å². The van der Waals surface area contributed by atoms with Gasteiger partial charge in [0.1, 0.15) is 11.2 Å². The number of hydrogen-bond acceptors (Lipinski definition) is 8.